The fourth-order valence-electron chi connectivity index (χ4n) is 1.50. The van der Waals surface area contributed by atoms with Gasteiger partial charge in [0.2, 0.25) is 0 Å². The normalized spacial score (nSPS) is 11.7. The Hall–Kier alpha value is -2.25. The van der Waals surface area contributed by atoms with E-state index in [-0.39, 0.29) is 4.90 Å². The van der Waals surface area contributed by atoms with Crippen LogP contribution in [0.1, 0.15) is 0 Å². The van der Waals surface area contributed by atoms with Crippen molar-refractivity contribution in [3.63, 3.8) is 0 Å². The van der Waals surface area contributed by atoms with E-state index in [1.54, 1.807) is 0 Å². The second-order valence-corrected chi connectivity index (χ2v) is 5.39. The molecule has 2 rings (SSSR count). The van der Waals surface area contributed by atoms with Crippen molar-refractivity contribution in [3.8, 4) is 0 Å². The summed E-state index contributed by atoms with van der Waals surface area (Å²) >= 11 is 0. The highest BCUT2D eigenvalue weighted by atomic mass is 32.2. The van der Waals surface area contributed by atoms with Crippen LogP contribution in [0, 0.1) is 0 Å². The third-order valence-electron chi connectivity index (χ3n) is 2.57. The van der Waals surface area contributed by atoms with Crippen LogP contribution < -0.4 is 5.32 Å². The highest BCUT2D eigenvalue weighted by Crippen LogP contribution is 2.21. The SMILES string of the molecule is CNc1ccc(N=Nc2ccc(S(=O)(=O)O)cc2)cc1. The fourth-order valence-corrected chi connectivity index (χ4v) is 1.98. The summed E-state index contributed by atoms with van der Waals surface area (Å²) in [4.78, 5) is -0.171. The first kappa shape index (κ1) is 14.2. The molecule has 104 valence electrons. The molecule has 0 aliphatic heterocycles. The quantitative estimate of drug-likeness (QED) is 0.667. The Bertz CT molecular complexity index is 708. The van der Waals surface area contributed by atoms with Crippen LogP contribution in [-0.4, -0.2) is 20.0 Å². The van der Waals surface area contributed by atoms with Crippen molar-refractivity contribution in [3.05, 3.63) is 48.5 Å². The van der Waals surface area contributed by atoms with E-state index in [2.05, 4.69) is 15.5 Å². The van der Waals surface area contributed by atoms with Crippen LogP contribution in [0.4, 0.5) is 17.1 Å². The van der Waals surface area contributed by atoms with E-state index in [4.69, 9.17) is 4.55 Å². The molecule has 0 heterocycles. The van der Waals surface area contributed by atoms with Crippen molar-refractivity contribution in [2.75, 3.05) is 12.4 Å². The van der Waals surface area contributed by atoms with Crippen molar-refractivity contribution in [1.29, 1.82) is 0 Å². The number of benzene rings is 2. The van der Waals surface area contributed by atoms with Gasteiger partial charge in [0.1, 0.15) is 0 Å². The molecule has 0 aliphatic rings. The summed E-state index contributed by atoms with van der Waals surface area (Å²) in [6.45, 7) is 0. The Labute approximate surface area is 116 Å². The Morgan fingerprint density at radius 2 is 1.35 bits per heavy atom. The van der Waals surface area contributed by atoms with Gasteiger partial charge in [0, 0.05) is 12.7 Å². The van der Waals surface area contributed by atoms with Gasteiger partial charge in [0.25, 0.3) is 10.1 Å². The van der Waals surface area contributed by atoms with Crippen LogP contribution in [0.15, 0.2) is 63.7 Å². The molecule has 0 aromatic heterocycles. The number of hydrogen-bond donors (Lipinski definition) is 2. The molecule has 0 saturated heterocycles. The summed E-state index contributed by atoms with van der Waals surface area (Å²) in [5, 5.41) is 11.0. The summed E-state index contributed by atoms with van der Waals surface area (Å²) in [5.74, 6) is 0. The van der Waals surface area contributed by atoms with Gasteiger partial charge < -0.3 is 5.32 Å². The van der Waals surface area contributed by atoms with E-state index in [0.717, 1.165) is 5.69 Å². The van der Waals surface area contributed by atoms with Gasteiger partial charge in [-0.3, -0.25) is 4.55 Å². The van der Waals surface area contributed by atoms with Crippen molar-refractivity contribution in [2.45, 2.75) is 4.90 Å². The maximum absolute atomic E-state index is 10.9. The molecule has 2 N–H and O–H groups in total. The Balaban J connectivity index is 2.14. The van der Waals surface area contributed by atoms with E-state index in [1.807, 2.05) is 31.3 Å². The molecule has 0 spiro atoms. The lowest BCUT2D eigenvalue weighted by atomic mass is 10.3. The number of azo groups is 1. The number of rotatable bonds is 4. The van der Waals surface area contributed by atoms with E-state index in [1.165, 1.54) is 24.3 Å². The van der Waals surface area contributed by atoms with E-state index in [9.17, 15) is 8.42 Å². The van der Waals surface area contributed by atoms with Gasteiger partial charge in [-0.15, -0.1) is 0 Å². The molecule has 0 atom stereocenters. The average molecular weight is 291 g/mol. The molecular formula is C13H13N3O3S. The van der Waals surface area contributed by atoms with Gasteiger partial charge in [-0.25, -0.2) is 0 Å². The minimum absolute atomic E-state index is 0.171. The second-order valence-electron chi connectivity index (χ2n) is 3.97. The molecular weight excluding hydrogens is 278 g/mol. The summed E-state index contributed by atoms with van der Waals surface area (Å²) < 4.78 is 30.6. The first-order valence-electron chi connectivity index (χ1n) is 5.76. The fraction of sp³-hybridized carbons (Fsp3) is 0.0769. The minimum atomic E-state index is -4.17. The lowest BCUT2D eigenvalue weighted by Crippen LogP contribution is -1.96. The predicted octanol–water partition coefficient (Wildman–Crippen LogP) is 3.39. The van der Waals surface area contributed by atoms with Gasteiger partial charge >= 0.3 is 0 Å². The van der Waals surface area contributed by atoms with E-state index in [0.29, 0.717) is 11.4 Å². The van der Waals surface area contributed by atoms with E-state index < -0.39 is 10.1 Å². The van der Waals surface area contributed by atoms with Crippen molar-refractivity contribution < 1.29 is 13.0 Å². The molecule has 6 nitrogen and oxygen atoms in total. The molecule has 20 heavy (non-hydrogen) atoms. The van der Waals surface area contributed by atoms with Gasteiger partial charge in [-0.1, -0.05) is 0 Å². The predicted molar refractivity (Wildman–Crippen MR) is 76.4 cm³/mol. The van der Waals surface area contributed by atoms with Crippen LogP contribution in [0.3, 0.4) is 0 Å². The summed E-state index contributed by atoms with van der Waals surface area (Å²) in [5.41, 5.74) is 2.15. The largest absolute Gasteiger partial charge is 0.388 e. The van der Waals surface area contributed by atoms with Gasteiger partial charge in [0.05, 0.1) is 16.3 Å². The van der Waals surface area contributed by atoms with Crippen molar-refractivity contribution >= 4 is 27.2 Å². The highest BCUT2D eigenvalue weighted by Gasteiger charge is 2.07. The highest BCUT2D eigenvalue weighted by molar-refractivity contribution is 7.85. The Morgan fingerprint density at radius 1 is 0.900 bits per heavy atom. The lowest BCUT2D eigenvalue weighted by molar-refractivity contribution is 0.483. The zero-order valence-electron chi connectivity index (χ0n) is 10.7. The van der Waals surface area contributed by atoms with Crippen LogP contribution in [0.25, 0.3) is 0 Å². The van der Waals surface area contributed by atoms with Gasteiger partial charge in [0.15, 0.2) is 0 Å². The topological polar surface area (TPSA) is 91.1 Å². The molecule has 0 radical (unpaired) electrons. The van der Waals surface area contributed by atoms with Crippen molar-refractivity contribution in [2.24, 2.45) is 10.2 Å². The number of hydrogen-bond acceptors (Lipinski definition) is 5. The molecule has 0 amide bonds. The van der Waals surface area contributed by atoms with Gasteiger partial charge in [-0.2, -0.15) is 18.6 Å². The van der Waals surface area contributed by atoms with Crippen LogP contribution >= 0.6 is 0 Å². The standard InChI is InChI=1S/C13H13N3O3S/c1-14-10-2-4-11(5-3-10)15-16-12-6-8-13(9-7-12)20(17,18)19/h2-9,14H,1H3,(H,17,18,19). The van der Waals surface area contributed by atoms with Crippen molar-refractivity contribution in [1.82, 2.24) is 0 Å². The first-order valence-corrected chi connectivity index (χ1v) is 7.20. The molecule has 0 aliphatic carbocycles. The molecule has 2 aromatic rings. The lowest BCUT2D eigenvalue weighted by Gasteiger charge is -1.99. The molecule has 0 saturated carbocycles. The van der Waals surface area contributed by atoms with Gasteiger partial charge in [-0.05, 0) is 48.5 Å². The number of nitrogens with zero attached hydrogens (tertiary/aromatic N) is 2. The summed E-state index contributed by atoms with van der Waals surface area (Å²) in [6, 6.07) is 12.8. The average Bonchev–Trinajstić information content (AvgIpc) is 2.45. The van der Waals surface area contributed by atoms with Crippen LogP contribution in [-0.2, 0) is 10.1 Å². The van der Waals surface area contributed by atoms with Crippen LogP contribution in [0.5, 0.6) is 0 Å². The first-order chi connectivity index (χ1) is 9.49. The summed E-state index contributed by atoms with van der Waals surface area (Å²) in [6.07, 6.45) is 0. The maximum Gasteiger partial charge on any atom is 0.294 e. The monoisotopic (exact) mass is 291 g/mol. The Morgan fingerprint density at radius 3 is 1.75 bits per heavy atom. The molecule has 0 unspecified atom stereocenters. The molecule has 7 heteroatoms. The zero-order valence-corrected chi connectivity index (χ0v) is 11.5. The second kappa shape index (κ2) is 5.81. The summed E-state index contributed by atoms with van der Waals surface area (Å²) in [7, 11) is -2.35. The smallest absolute Gasteiger partial charge is 0.294 e. The third-order valence-corrected chi connectivity index (χ3v) is 3.44. The van der Waals surface area contributed by atoms with Crippen LogP contribution in [0.2, 0.25) is 0 Å². The Kier molecular flexibility index (Phi) is 4.11. The minimum Gasteiger partial charge on any atom is -0.388 e. The number of anilines is 1. The molecule has 2 aromatic carbocycles. The van der Waals surface area contributed by atoms with E-state index >= 15 is 0 Å². The maximum atomic E-state index is 10.9. The number of nitrogens with one attached hydrogen (secondary N) is 1. The molecule has 0 bridgehead atoms. The third kappa shape index (κ3) is 3.62. The molecule has 0 fully saturated rings. The zero-order chi connectivity index (χ0) is 14.6.